The van der Waals surface area contributed by atoms with E-state index in [1.807, 2.05) is 0 Å². The summed E-state index contributed by atoms with van der Waals surface area (Å²) in [7, 11) is 1.52. The van der Waals surface area contributed by atoms with E-state index in [4.69, 9.17) is 17.0 Å². The first-order chi connectivity index (χ1) is 12.2. The molecule has 2 saturated carbocycles. The molecule has 2 bridgehead atoms. The van der Waals surface area contributed by atoms with Crippen LogP contribution in [0.1, 0.15) is 24.8 Å². The summed E-state index contributed by atoms with van der Waals surface area (Å²) in [5, 5.41) is 17.8. The number of nitrogens with zero attached hydrogens (tertiary/aromatic N) is 1. The Morgan fingerprint density at radius 2 is 2.24 bits per heavy atom. The summed E-state index contributed by atoms with van der Waals surface area (Å²) in [5.74, 6) is 3.71. The third kappa shape index (κ3) is 3.11. The van der Waals surface area contributed by atoms with Crippen molar-refractivity contribution >= 4 is 23.5 Å². The Balaban J connectivity index is 1.30. The Labute approximate surface area is 153 Å². The topological polar surface area (TPSA) is 65.9 Å². The first kappa shape index (κ1) is 16.4. The average molecular weight is 357 g/mol. The lowest BCUT2D eigenvalue weighted by atomic mass is 9.79. The van der Waals surface area contributed by atoms with Crippen molar-refractivity contribution in [2.75, 3.05) is 7.11 Å². The standard InChI is InChI=1S/C19H23N3O2S/c1-24-18-7-11(5-6-17(18)23)10-20-22-19(25)21-16-9-12-8-15(16)14-4-2-3-13(12)14/h2,4-7,10,12-16,23H,3,8-9H2,1H3,(H2,21,22,25)/b20-10+. The summed E-state index contributed by atoms with van der Waals surface area (Å²) in [4.78, 5) is 0. The quantitative estimate of drug-likeness (QED) is 0.335. The number of ether oxygens (including phenoxy) is 1. The lowest BCUT2D eigenvalue weighted by molar-refractivity contribution is 0.246. The molecule has 3 aliphatic rings. The third-order valence-electron chi connectivity index (χ3n) is 5.91. The number of nitrogens with one attached hydrogen (secondary N) is 2. The SMILES string of the molecule is COc1cc(/C=N/NC(=S)NC2CC3CC2C2C=CCC32)ccc1O. The first-order valence-corrected chi connectivity index (χ1v) is 9.20. The fourth-order valence-corrected chi connectivity index (χ4v) is 5.06. The van der Waals surface area contributed by atoms with Gasteiger partial charge in [-0.05, 0) is 78.9 Å². The minimum Gasteiger partial charge on any atom is -0.504 e. The maximum atomic E-state index is 9.60. The maximum absolute atomic E-state index is 9.60. The van der Waals surface area contributed by atoms with Gasteiger partial charge in [0.15, 0.2) is 16.6 Å². The van der Waals surface area contributed by atoms with E-state index in [9.17, 15) is 5.11 Å². The molecule has 1 aromatic carbocycles. The van der Waals surface area contributed by atoms with Crippen LogP contribution in [0.15, 0.2) is 35.5 Å². The molecule has 5 unspecified atom stereocenters. The lowest BCUT2D eigenvalue weighted by Crippen LogP contribution is -2.45. The van der Waals surface area contributed by atoms with Crippen LogP contribution in [0.3, 0.4) is 0 Å². The molecule has 1 aromatic rings. The number of phenols is 1. The molecule has 0 aliphatic heterocycles. The van der Waals surface area contributed by atoms with Gasteiger partial charge in [-0.25, -0.2) is 0 Å². The molecule has 0 heterocycles. The number of allylic oxidation sites excluding steroid dienone is 2. The summed E-state index contributed by atoms with van der Waals surface area (Å²) >= 11 is 5.39. The number of rotatable bonds is 4. The van der Waals surface area contributed by atoms with Crippen LogP contribution in [-0.4, -0.2) is 29.6 Å². The maximum Gasteiger partial charge on any atom is 0.187 e. The van der Waals surface area contributed by atoms with Crippen LogP contribution in [0.25, 0.3) is 0 Å². The summed E-state index contributed by atoms with van der Waals surface area (Å²) in [6.45, 7) is 0. The van der Waals surface area contributed by atoms with Crippen molar-refractivity contribution in [1.29, 1.82) is 0 Å². The molecule has 5 atom stereocenters. The van der Waals surface area contributed by atoms with Gasteiger partial charge in [0.05, 0.1) is 13.3 Å². The minimum atomic E-state index is 0.111. The molecule has 132 valence electrons. The molecule has 0 radical (unpaired) electrons. The van der Waals surface area contributed by atoms with Gasteiger partial charge in [0.1, 0.15) is 0 Å². The summed E-state index contributed by atoms with van der Waals surface area (Å²) in [6, 6.07) is 5.52. The lowest BCUT2D eigenvalue weighted by Gasteiger charge is -2.32. The van der Waals surface area contributed by atoms with Gasteiger partial charge in [0.2, 0.25) is 0 Å². The molecule has 3 aliphatic carbocycles. The van der Waals surface area contributed by atoms with Gasteiger partial charge in [-0.3, -0.25) is 5.43 Å². The second-order valence-corrected chi connectivity index (χ2v) is 7.59. The predicted molar refractivity (Wildman–Crippen MR) is 102 cm³/mol. The molecule has 6 heteroatoms. The molecule has 3 N–H and O–H groups in total. The Morgan fingerprint density at radius 1 is 1.36 bits per heavy atom. The fourth-order valence-electron chi connectivity index (χ4n) is 4.85. The van der Waals surface area contributed by atoms with Gasteiger partial charge in [0.25, 0.3) is 0 Å². The smallest absolute Gasteiger partial charge is 0.187 e. The molecule has 0 saturated heterocycles. The summed E-state index contributed by atoms with van der Waals surface area (Å²) in [6.07, 6.45) is 10.2. The van der Waals surface area contributed by atoms with Crippen LogP contribution in [0, 0.1) is 23.7 Å². The number of hydrazone groups is 1. The zero-order valence-electron chi connectivity index (χ0n) is 14.2. The minimum absolute atomic E-state index is 0.111. The van der Waals surface area contributed by atoms with Gasteiger partial charge < -0.3 is 15.2 Å². The van der Waals surface area contributed by atoms with E-state index in [1.54, 1.807) is 24.4 Å². The van der Waals surface area contributed by atoms with E-state index in [1.165, 1.54) is 26.4 Å². The first-order valence-electron chi connectivity index (χ1n) is 8.79. The summed E-state index contributed by atoms with van der Waals surface area (Å²) < 4.78 is 5.09. The van der Waals surface area contributed by atoms with Crippen molar-refractivity contribution < 1.29 is 9.84 Å². The monoisotopic (exact) mass is 357 g/mol. The van der Waals surface area contributed by atoms with Crippen LogP contribution >= 0.6 is 12.2 Å². The number of methoxy groups -OCH3 is 1. The number of fused-ring (bicyclic) bond motifs is 5. The summed E-state index contributed by atoms with van der Waals surface area (Å²) in [5.41, 5.74) is 3.72. The van der Waals surface area contributed by atoms with Crippen molar-refractivity contribution in [1.82, 2.24) is 10.7 Å². The largest absolute Gasteiger partial charge is 0.504 e. The van der Waals surface area contributed by atoms with Crippen molar-refractivity contribution in [3.63, 3.8) is 0 Å². The van der Waals surface area contributed by atoms with Crippen LogP contribution < -0.4 is 15.5 Å². The second-order valence-electron chi connectivity index (χ2n) is 7.18. The van der Waals surface area contributed by atoms with E-state index in [-0.39, 0.29) is 5.75 Å². The highest BCUT2D eigenvalue weighted by Gasteiger charge is 2.52. The number of benzene rings is 1. The molecular weight excluding hydrogens is 334 g/mol. The van der Waals surface area contributed by atoms with E-state index in [2.05, 4.69) is 28.0 Å². The number of hydrogen-bond donors (Lipinski definition) is 3. The third-order valence-corrected chi connectivity index (χ3v) is 6.12. The Kier molecular flexibility index (Phi) is 4.37. The van der Waals surface area contributed by atoms with Crippen LogP contribution in [0.2, 0.25) is 0 Å². The average Bonchev–Trinajstić information content (AvgIpc) is 3.29. The zero-order valence-corrected chi connectivity index (χ0v) is 15.0. The number of hydrogen-bond acceptors (Lipinski definition) is 4. The highest BCUT2D eigenvalue weighted by Crippen LogP contribution is 2.56. The van der Waals surface area contributed by atoms with E-state index < -0.39 is 0 Å². The molecule has 4 rings (SSSR count). The molecular formula is C19H23N3O2S. The highest BCUT2D eigenvalue weighted by molar-refractivity contribution is 7.80. The van der Waals surface area contributed by atoms with Gasteiger partial charge in [0, 0.05) is 6.04 Å². The van der Waals surface area contributed by atoms with Crippen LogP contribution in [-0.2, 0) is 0 Å². The van der Waals surface area contributed by atoms with Crippen molar-refractivity contribution in [2.45, 2.75) is 25.3 Å². The highest BCUT2D eigenvalue weighted by atomic mass is 32.1. The Hall–Kier alpha value is -2.08. The normalized spacial score (nSPS) is 32.1. The van der Waals surface area contributed by atoms with Crippen LogP contribution in [0.5, 0.6) is 11.5 Å². The number of phenolic OH excluding ortho intramolecular Hbond substituents is 1. The Bertz CT molecular complexity index is 733. The molecule has 0 amide bonds. The Morgan fingerprint density at radius 3 is 3.08 bits per heavy atom. The van der Waals surface area contributed by atoms with Gasteiger partial charge in [-0.1, -0.05) is 12.2 Å². The van der Waals surface area contributed by atoms with Crippen molar-refractivity contribution in [3.05, 3.63) is 35.9 Å². The molecule has 2 fully saturated rings. The second kappa shape index (κ2) is 6.67. The van der Waals surface area contributed by atoms with Crippen molar-refractivity contribution in [3.8, 4) is 11.5 Å². The van der Waals surface area contributed by atoms with E-state index in [0.29, 0.717) is 22.8 Å². The fraction of sp³-hybridized carbons (Fsp3) is 0.474. The molecule has 0 aromatic heterocycles. The predicted octanol–water partition coefficient (Wildman–Crippen LogP) is 2.80. The van der Waals surface area contributed by atoms with Crippen molar-refractivity contribution in [2.24, 2.45) is 28.8 Å². The van der Waals surface area contributed by atoms with Gasteiger partial charge in [-0.2, -0.15) is 5.10 Å². The molecule has 5 nitrogen and oxygen atoms in total. The molecule has 25 heavy (non-hydrogen) atoms. The number of aromatic hydroxyl groups is 1. The molecule has 0 spiro atoms. The van der Waals surface area contributed by atoms with E-state index >= 15 is 0 Å². The van der Waals surface area contributed by atoms with E-state index in [0.717, 1.165) is 23.3 Å². The zero-order chi connectivity index (χ0) is 17.4. The van der Waals surface area contributed by atoms with Gasteiger partial charge in [-0.15, -0.1) is 0 Å². The van der Waals surface area contributed by atoms with Crippen LogP contribution in [0.4, 0.5) is 0 Å². The number of thiocarbonyl (C=S) groups is 1. The van der Waals surface area contributed by atoms with Gasteiger partial charge >= 0.3 is 0 Å².